The first-order chi connectivity index (χ1) is 8.75. The van der Waals surface area contributed by atoms with Gasteiger partial charge in [-0.15, -0.1) is 11.8 Å². The molecule has 0 saturated carbocycles. The van der Waals surface area contributed by atoms with Crippen LogP contribution in [0.1, 0.15) is 11.1 Å². The van der Waals surface area contributed by atoms with Crippen molar-refractivity contribution in [3.63, 3.8) is 0 Å². The van der Waals surface area contributed by atoms with Gasteiger partial charge in [0.2, 0.25) is 0 Å². The third kappa shape index (κ3) is 3.90. The monoisotopic (exact) mass is 258 g/mol. The van der Waals surface area contributed by atoms with E-state index >= 15 is 0 Å². The second-order valence-corrected chi connectivity index (χ2v) is 5.48. The van der Waals surface area contributed by atoms with Crippen LogP contribution in [0.25, 0.3) is 0 Å². The maximum absolute atomic E-state index is 10.0. The van der Waals surface area contributed by atoms with Gasteiger partial charge in [0.05, 0.1) is 6.10 Å². The molecule has 0 amide bonds. The number of hydrogen-bond acceptors (Lipinski definition) is 2. The lowest BCUT2D eigenvalue weighted by Gasteiger charge is -2.11. The molecular formula is C16H18OS. The van der Waals surface area contributed by atoms with Gasteiger partial charge in [0.15, 0.2) is 0 Å². The van der Waals surface area contributed by atoms with E-state index in [1.54, 1.807) is 11.8 Å². The zero-order chi connectivity index (χ0) is 12.8. The molecule has 0 bridgehead atoms. The van der Waals surface area contributed by atoms with Crippen LogP contribution in [-0.2, 0) is 6.42 Å². The molecule has 1 nitrogen and oxygen atoms in total. The van der Waals surface area contributed by atoms with E-state index in [0.29, 0.717) is 0 Å². The molecule has 0 fully saturated rings. The molecule has 0 heterocycles. The predicted molar refractivity (Wildman–Crippen MR) is 78.1 cm³/mol. The molecule has 0 aliphatic heterocycles. The molecule has 94 valence electrons. The normalized spacial score (nSPS) is 12.3. The van der Waals surface area contributed by atoms with Gasteiger partial charge in [0, 0.05) is 10.6 Å². The minimum Gasteiger partial charge on any atom is -0.392 e. The SMILES string of the molecule is Cc1ccccc1SCC(O)Cc1ccccc1. The molecule has 1 atom stereocenters. The first-order valence-corrected chi connectivity index (χ1v) is 7.14. The summed E-state index contributed by atoms with van der Waals surface area (Å²) in [5, 5.41) is 10.0. The number of rotatable bonds is 5. The van der Waals surface area contributed by atoms with Crippen LogP contribution in [0.4, 0.5) is 0 Å². The quantitative estimate of drug-likeness (QED) is 0.825. The van der Waals surface area contributed by atoms with Crippen molar-refractivity contribution in [2.24, 2.45) is 0 Å². The van der Waals surface area contributed by atoms with Gasteiger partial charge in [-0.25, -0.2) is 0 Å². The molecule has 2 aromatic rings. The Morgan fingerprint density at radius 1 is 1.00 bits per heavy atom. The number of thioether (sulfide) groups is 1. The largest absolute Gasteiger partial charge is 0.392 e. The van der Waals surface area contributed by atoms with E-state index in [0.717, 1.165) is 12.2 Å². The summed E-state index contributed by atoms with van der Waals surface area (Å²) in [6, 6.07) is 18.4. The number of hydrogen-bond donors (Lipinski definition) is 1. The molecule has 1 N–H and O–H groups in total. The van der Waals surface area contributed by atoms with Crippen molar-refractivity contribution >= 4 is 11.8 Å². The highest BCUT2D eigenvalue weighted by Crippen LogP contribution is 2.23. The van der Waals surface area contributed by atoms with Crippen LogP contribution in [-0.4, -0.2) is 17.0 Å². The molecule has 18 heavy (non-hydrogen) atoms. The van der Waals surface area contributed by atoms with Crippen LogP contribution in [0.15, 0.2) is 59.5 Å². The van der Waals surface area contributed by atoms with Gasteiger partial charge in [-0.2, -0.15) is 0 Å². The van der Waals surface area contributed by atoms with E-state index in [2.05, 4.69) is 31.2 Å². The topological polar surface area (TPSA) is 20.2 Å². The minimum absolute atomic E-state index is 0.294. The zero-order valence-electron chi connectivity index (χ0n) is 10.5. The van der Waals surface area contributed by atoms with E-state index in [-0.39, 0.29) is 6.10 Å². The van der Waals surface area contributed by atoms with Crippen molar-refractivity contribution in [1.82, 2.24) is 0 Å². The van der Waals surface area contributed by atoms with E-state index < -0.39 is 0 Å². The van der Waals surface area contributed by atoms with Crippen LogP contribution in [0, 0.1) is 6.92 Å². The molecule has 2 heteroatoms. The summed E-state index contributed by atoms with van der Waals surface area (Å²) in [6.07, 6.45) is 0.428. The molecule has 0 aliphatic rings. The van der Waals surface area contributed by atoms with Crippen molar-refractivity contribution in [2.75, 3.05) is 5.75 Å². The average molecular weight is 258 g/mol. The van der Waals surface area contributed by atoms with Gasteiger partial charge < -0.3 is 5.11 Å². The Balaban J connectivity index is 1.86. The van der Waals surface area contributed by atoms with Gasteiger partial charge in [-0.1, -0.05) is 48.5 Å². The van der Waals surface area contributed by atoms with E-state index in [9.17, 15) is 5.11 Å². The van der Waals surface area contributed by atoms with Crippen LogP contribution < -0.4 is 0 Å². The predicted octanol–water partition coefficient (Wildman–Crippen LogP) is 3.69. The maximum atomic E-state index is 10.0. The Morgan fingerprint density at radius 2 is 1.67 bits per heavy atom. The smallest absolute Gasteiger partial charge is 0.0674 e. The summed E-state index contributed by atoms with van der Waals surface area (Å²) in [7, 11) is 0. The molecule has 0 spiro atoms. The van der Waals surface area contributed by atoms with E-state index in [1.807, 2.05) is 30.3 Å². The maximum Gasteiger partial charge on any atom is 0.0674 e. The van der Waals surface area contributed by atoms with Crippen LogP contribution >= 0.6 is 11.8 Å². The Labute approximate surface area is 113 Å². The van der Waals surface area contributed by atoms with E-state index in [1.165, 1.54) is 16.0 Å². The molecule has 2 aromatic carbocycles. The fraction of sp³-hybridized carbons (Fsp3) is 0.250. The summed E-state index contributed by atoms with van der Waals surface area (Å²) in [6.45, 7) is 2.10. The van der Waals surface area contributed by atoms with Gasteiger partial charge in [0.1, 0.15) is 0 Å². The summed E-state index contributed by atoms with van der Waals surface area (Å²) >= 11 is 1.72. The third-order valence-corrected chi connectivity index (χ3v) is 4.16. The Bertz CT molecular complexity index is 481. The highest BCUT2D eigenvalue weighted by atomic mass is 32.2. The summed E-state index contributed by atoms with van der Waals surface area (Å²) in [4.78, 5) is 1.25. The summed E-state index contributed by atoms with van der Waals surface area (Å²) in [5.41, 5.74) is 2.46. The van der Waals surface area contributed by atoms with Gasteiger partial charge >= 0.3 is 0 Å². The lowest BCUT2D eigenvalue weighted by molar-refractivity contribution is 0.200. The van der Waals surface area contributed by atoms with Crippen molar-refractivity contribution in [3.05, 3.63) is 65.7 Å². The molecule has 0 radical (unpaired) electrons. The number of aryl methyl sites for hydroxylation is 1. The summed E-state index contributed by atoms with van der Waals surface area (Å²) < 4.78 is 0. The van der Waals surface area contributed by atoms with E-state index in [4.69, 9.17) is 0 Å². The molecule has 1 unspecified atom stereocenters. The van der Waals surface area contributed by atoms with Crippen molar-refractivity contribution < 1.29 is 5.11 Å². The second-order valence-electron chi connectivity index (χ2n) is 4.42. The lowest BCUT2D eigenvalue weighted by atomic mass is 10.1. The molecule has 0 aromatic heterocycles. The first-order valence-electron chi connectivity index (χ1n) is 6.16. The number of aliphatic hydroxyl groups is 1. The fourth-order valence-corrected chi connectivity index (χ4v) is 2.81. The lowest BCUT2D eigenvalue weighted by Crippen LogP contribution is -2.13. The van der Waals surface area contributed by atoms with Crippen molar-refractivity contribution in [1.29, 1.82) is 0 Å². The zero-order valence-corrected chi connectivity index (χ0v) is 11.4. The number of benzene rings is 2. The second kappa shape index (κ2) is 6.62. The highest BCUT2D eigenvalue weighted by molar-refractivity contribution is 7.99. The third-order valence-electron chi connectivity index (χ3n) is 2.84. The Kier molecular flexibility index (Phi) is 4.85. The molecular weight excluding hydrogens is 240 g/mol. The van der Waals surface area contributed by atoms with Gasteiger partial charge in [0.25, 0.3) is 0 Å². The molecule has 0 aliphatic carbocycles. The fourth-order valence-electron chi connectivity index (χ4n) is 1.85. The first kappa shape index (κ1) is 13.2. The molecule has 0 saturated heterocycles. The number of aliphatic hydroxyl groups excluding tert-OH is 1. The highest BCUT2D eigenvalue weighted by Gasteiger charge is 2.07. The Morgan fingerprint density at radius 3 is 2.39 bits per heavy atom. The van der Waals surface area contributed by atoms with Crippen molar-refractivity contribution in [3.8, 4) is 0 Å². The van der Waals surface area contributed by atoms with Gasteiger partial charge in [-0.05, 0) is 30.5 Å². The summed E-state index contributed by atoms with van der Waals surface area (Å²) in [5.74, 6) is 0.736. The van der Waals surface area contributed by atoms with Crippen LogP contribution in [0.5, 0.6) is 0 Å². The van der Waals surface area contributed by atoms with Crippen LogP contribution in [0.2, 0.25) is 0 Å². The van der Waals surface area contributed by atoms with Crippen LogP contribution in [0.3, 0.4) is 0 Å². The minimum atomic E-state index is -0.294. The van der Waals surface area contributed by atoms with Gasteiger partial charge in [-0.3, -0.25) is 0 Å². The Hall–Kier alpha value is -1.25. The standard InChI is InChI=1S/C16H18OS/c1-13-7-5-6-10-16(13)18-12-15(17)11-14-8-3-2-4-9-14/h2-10,15,17H,11-12H2,1H3. The molecule has 2 rings (SSSR count). The van der Waals surface area contributed by atoms with Crippen molar-refractivity contribution in [2.45, 2.75) is 24.3 Å². The average Bonchev–Trinajstić information content (AvgIpc) is 2.39.